The van der Waals surface area contributed by atoms with Gasteiger partial charge in [0.25, 0.3) is 0 Å². The minimum atomic E-state index is -3.56. The van der Waals surface area contributed by atoms with Gasteiger partial charge in [-0.3, -0.25) is 0 Å². The zero-order chi connectivity index (χ0) is 12.3. The Labute approximate surface area is 100 Å². The SMILES string of the molecule is CCC(C)NS(=O)(=O)c1cnc(N)c(Cl)c1. The molecule has 16 heavy (non-hydrogen) atoms. The average molecular weight is 264 g/mol. The fourth-order valence-electron chi connectivity index (χ4n) is 0.994. The molecule has 0 saturated heterocycles. The summed E-state index contributed by atoms with van der Waals surface area (Å²) in [5.41, 5.74) is 5.40. The van der Waals surface area contributed by atoms with Crippen molar-refractivity contribution < 1.29 is 8.42 Å². The van der Waals surface area contributed by atoms with E-state index in [9.17, 15) is 8.42 Å². The fraction of sp³-hybridized carbons (Fsp3) is 0.444. The number of nitrogens with one attached hydrogen (secondary N) is 1. The zero-order valence-electron chi connectivity index (χ0n) is 9.07. The molecule has 1 atom stereocenters. The summed E-state index contributed by atoms with van der Waals surface area (Å²) in [4.78, 5) is 3.73. The number of rotatable bonds is 4. The Morgan fingerprint density at radius 3 is 2.75 bits per heavy atom. The molecule has 3 N–H and O–H groups in total. The lowest BCUT2D eigenvalue weighted by Gasteiger charge is -2.12. The van der Waals surface area contributed by atoms with Crippen LogP contribution in [-0.2, 0) is 10.0 Å². The molecule has 5 nitrogen and oxygen atoms in total. The van der Waals surface area contributed by atoms with Crippen LogP contribution in [-0.4, -0.2) is 19.4 Å². The van der Waals surface area contributed by atoms with Crippen LogP contribution in [0.3, 0.4) is 0 Å². The number of sulfonamides is 1. The number of hydrogen-bond donors (Lipinski definition) is 2. The predicted molar refractivity (Wildman–Crippen MR) is 63.7 cm³/mol. The van der Waals surface area contributed by atoms with Crippen molar-refractivity contribution in [2.75, 3.05) is 5.73 Å². The van der Waals surface area contributed by atoms with E-state index in [0.717, 1.165) is 0 Å². The Balaban J connectivity index is 3.03. The predicted octanol–water partition coefficient (Wildman–Crippen LogP) is 1.39. The average Bonchev–Trinajstić information content (AvgIpc) is 2.21. The maximum absolute atomic E-state index is 11.8. The van der Waals surface area contributed by atoms with E-state index in [0.29, 0.717) is 6.42 Å². The summed E-state index contributed by atoms with van der Waals surface area (Å²) in [6, 6.07) is 1.15. The van der Waals surface area contributed by atoms with Crippen molar-refractivity contribution in [2.45, 2.75) is 31.2 Å². The molecule has 1 heterocycles. The normalized spacial score (nSPS) is 13.7. The second-order valence-corrected chi connectivity index (χ2v) is 5.59. The summed E-state index contributed by atoms with van der Waals surface area (Å²) in [6.45, 7) is 3.67. The summed E-state index contributed by atoms with van der Waals surface area (Å²) in [6.07, 6.45) is 1.89. The van der Waals surface area contributed by atoms with Crippen LogP contribution in [0.15, 0.2) is 17.2 Å². The van der Waals surface area contributed by atoms with Crippen molar-refractivity contribution >= 4 is 27.4 Å². The van der Waals surface area contributed by atoms with E-state index in [4.69, 9.17) is 17.3 Å². The standard InChI is InChI=1S/C9H14ClN3O2S/c1-3-6(2)13-16(14,15)7-4-8(10)9(11)12-5-7/h4-6,13H,3H2,1-2H3,(H2,11,12). The van der Waals surface area contributed by atoms with Crippen molar-refractivity contribution in [1.29, 1.82) is 0 Å². The first-order valence-corrected chi connectivity index (χ1v) is 6.66. The Bertz CT molecular complexity index is 476. The number of halogens is 1. The third kappa shape index (κ3) is 3.07. The highest BCUT2D eigenvalue weighted by Crippen LogP contribution is 2.19. The molecule has 90 valence electrons. The number of anilines is 1. The molecular weight excluding hydrogens is 250 g/mol. The molecule has 0 bridgehead atoms. The Kier molecular flexibility index (Phi) is 4.12. The number of nitrogens with two attached hydrogens (primary N) is 1. The first-order valence-electron chi connectivity index (χ1n) is 4.80. The molecular formula is C9H14ClN3O2S. The van der Waals surface area contributed by atoms with Gasteiger partial charge in [0.2, 0.25) is 10.0 Å². The van der Waals surface area contributed by atoms with Gasteiger partial charge in [-0.05, 0) is 19.4 Å². The molecule has 1 aromatic rings. The third-order valence-electron chi connectivity index (χ3n) is 2.12. The van der Waals surface area contributed by atoms with Crippen LogP contribution in [0, 0.1) is 0 Å². The summed E-state index contributed by atoms with van der Waals surface area (Å²) >= 11 is 5.71. The van der Waals surface area contributed by atoms with E-state index < -0.39 is 10.0 Å². The number of hydrogen-bond acceptors (Lipinski definition) is 4. The summed E-state index contributed by atoms with van der Waals surface area (Å²) < 4.78 is 26.1. The van der Waals surface area contributed by atoms with Gasteiger partial charge in [-0.25, -0.2) is 18.1 Å². The molecule has 0 aliphatic rings. The molecule has 0 saturated carbocycles. The topological polar surface area (TPSA) is 85.1 Å². The van der Waals surface area contributed by atoms with Crippen LogP contribution in [0.1, 0.15) is 20.3 Å². The van der Waals surface area contributed by atoms with E-state index >= 15 is 0 Å². The van der Waals surface area contributed by atoms with E-state index in [-0.39, 0.29) is 21.8 Å². The molecule has 0 aromatic carbocycles. The van der Waals surface area contributed by atoms with Crippen molar-refractivity contribution in [3.63, 3.8) is 0 Å². The van der Waals surface area contributed by atoms with Crippen molar-refractivity contribution in [3.05, 3.63) is 17.3 Å². The van der Waals surface area contributed by atoms with Crippen LogP contribution in [0.4, 0.5) is 5.82 Å². The third-order valence-corrected chi connectivity index (χ3v) is 3.98. The van der Waals surface area contributed by atoms with Crippen molar-refractivity contribution in [2.24, 2.45) is 0 Å². The van der Waals surface area contributed by atoms with Gasteiger partial charge in [0, 0.05) is 12.2 Å². The van der Waals surface area contributed by atoms with Gasteiger partial charge >= 0.3 is 0 Å². The highest BCUT2D eigenvalue weighted by atomic mass is 35.5. The van der Waals surface area contributed by atoms with Gasteiger partial charge in [0.05, 0.1) is 5.02 Å². The van der Waals surface area contributed by atoms with Gasteiger partial charge in [-0.15, -0.1) is 0 Å². The second-order valence-electron chi connectivity index (χ2n) is 3.47. The van der Waals surface area contributed by atoms with Gasteiger partial charge in [-0.2, -0.15) is 0 Å². The maximum Gasteiger partial charge on any atom is 0.242 e. The summed E-state index contributed by atoms with van der Waals surface area (Å²) in [7, 11) is -3.56. The van der Waals surface area contributed by atoms with Crippen LogP contribution in [0.5, 0.6) is 0 Å². The highest BCUT2D eigenvalue weighted by molar-refractivity contribution is 7.89. The number of aromatic nitrogens is 1. The molecule has 0 aliphatic carbocycles. The van der Waals surface area contributed by atoms with E-state index in [1.165, 1.54) is 12.3 Å². The van der Waals surface area contributed by atoms with Crippen LogP contribution < -0.4 is 10.5 Å². The minimum Gasteiger partial charge on any atom is -0.382 e. The smallest absolute Gasteiger partial charge is 0.242 e. The second kappa shape index (κ2) is 4.99. The molecule has 1 rings (SSSR count). The molecule has 1 unspecified atom stereocenters. The first kappa shape index (κ1) is 13.2. The lowest BCUT2D eigenvalue weighted by molar-refractivity contribution is 0.555. The maximum atomic E-state index is 11.8. The summed E-state index contributed by atoms with van der Waals surface area (Å²) in [5.74, 6) is 0.115. The molecule has 0 spiro atoms. The van der Waals surface area contributed by atoms with Crippen LogP contribution in [0.2, 0.25) is 5.02 Å². The summed E-state index contributed by atoms with van der Waals surface area (Å²) in [5, 5.41) is 0.132. The Hall–Kier alpha value is -0.850. The highest BCUT2D eigenvalue weighted by Gasteiger charge is 2.17. The molecule has 0 amide bonds. The molecule has 0 aliphatic heterocycles. The number of nitrogens with zero attached hydrogens (tertiary/aromatic N) is 1. The van der Waals surface area contributed by atoms with Crippen molar-refractivity contribution in [3.8, 4) is 0 Å². The van der Waals surface area contributed by atoms with E-state index in [2.05, 4.69) is 9.71 Å². The Morgan fingerprint density at radius 1 is 1.62 bits per heavy atom. The minimum absolute atomic E-state index is 0.0204. The van der Waals surface area contributed by atoms with Crippen molar-refractivity contribution in [1.82, 2.24) is 9.71 Å². The monoisotopic (exact) mass is 263 g/mol. The number of nitrogen functional groups attached to an aromatic ring is 1. The molecule has 0 radical (unpaired) electrons. The van der Waals surface area contributed by atoms with Gasteiger partial charge < -0.3 is 5.73 Å². The molecule has 7 heteroatoms. The fourth-order valence-corrected chi connectivity index (χ4v) is 2.52. The van der Waals surface area contributed by atoms with Crippen LogP contribution in [0.25, 0.3) is 0 Å². The molecule has 0 fully saturated rings. The molecule has 1 aromatic heterocycles. The number of pyridine rings is 1. The van der Waals surface area contributed by atoms with E-state index in [1.807, 2.05) is 6.92 Å². The van der Waals surface area contributed by atoms with E-state index in [1.54, 1.807) is 6.92 Å². The van der Waals surface area contributed by atoms with Gasteiger partial charge in [-0.1, -0.05) is 18.5 Å². The Morgan fingerprint density at radius 2 is 2.25 bits per heavy atom. The lowest BCUT2D eigenvalue weighted by Crippen LogP contribution is -2.32. The van der Waals surface area contributed by atoms with Gasteiger partial charge in [0.1, 0.15) is 10.7 Å². The van der Waals surface area contributed by atoms with Crippen LogP contribution >= 0.6 is 11.6 Å². The first-order chi connectivity index (χ1) is 7.36. The zero-order valence-corrected chi connectivity index (χ0v) is 10.6. The lowest BCUT2D eigenvalue weighted by atomic mass is 10.3. The quantitative estimate of drug-likeness (QED) is 0.860. The largest absolute Gasteiger partial charge is 0.382 e. The van der Waals surface area contributed by atoms with Gasteiger partial charge in [0.15, 0.2) is 0 Å².